The second-order valence-electron chi connectivity index (χ2n) is 5.67. The van der Waals surface area contributed by atoms with Gasteiger partial charge in [-0.05, 0) is 29.5 Å². The van der Waals surface area contributed by atoms with E-state index < -0.39 is 6.10 Å². The predicted octanol–water partition coefficient (Wildman–Crippen LogP) is 3.14. The zero-order valence-electron chi connectivity index (χ0n) is 13.8. The van der Waals surface area contributed by atoms with Crippen molar-refractivity contribution >= 4 is 28.8 Å². The van der Waals surface area contributed by atoms with Crippen molar-refractivity contribution in [1.29, 1.82) is 0 Å². The number of para-hydroxylation sites is 1. The van der Waals surface area contributed by atoms with Crippen molar-refractivity contribution in [3.05, 3.63) is 52.2 Å². The zero-order valence-corrected chi connectivity index (χ0v) is 14.6. The van der Waals surface area contributed by atoms with E-state index in [4.69, 9.17) is 0 Å². The second-order valence-corrected chi connectivity index (χ2v) is 6.45. The summed E-state index contributed by atoms with van der Waals surface area (Å²) in [6.07, 6.45) is 0.246. The molecule has 0 radical (unpaired) electrons. The summed E-state index contributed by atoms with van der Waals surface area (Å²) in [5.74, 6) is -0.464. The van der Waals surface area contributed by atoms with Crippen molar-refractivity contribution in [2.24, 2.45) is 5.92 Å². The first-order valence-electron chi connectivity index (χ1n) is 7.91. The Kier molecular flexibility index (Phi) is 6.52. The van der Waals surface area contributed by atoms with Gasteiger partial charge >= 0.3 is 0 Å². The van der Waals surface area contributed by atoms with E-state index in [0.29, 0.717) is 16.8 Å². The third kappa shape index (κ3) is 4.66. The molecule has 1 aromatic heterocycles. The smallest absolute Gasteiger partial charge is 0.256 e. The SMILES string of the molecule is CCC(C)C(O)CNC(=O)c1ccccc1NC(=O)c1ccsc1. The normalized spacial score (nSPS) is 13.1. The van der Waals surface area contributed by atoms with Crippen LogP contribution in [-0.4, -0.2) is 29.6 Å². The molecule has 0 aliphatic carbocycles. The number of rotatable bonds is 7. The lowest BCUT2D eigenvalue weighted by atomic mass is 10.0. The Labute approximate surface area is 145 Å². The molecule has 5 nitrogen and oxygen atoms in total. The van der Waals surface area contributed by atoms with E-state index in [1.807, 2.05) is 19.2 Å². The number of carbonyl (C=O) groups is 2. The zero-order chi connectivity index (χ0) is 17.5. The van der Waals surface area contributed by atoms with Gasteiger partial charge in [-0.25, -0.2) is 0 Å². The van der Waals surface area contributed by atoms with Crippen molar-refractivity contribution < 1.29 is 14.7 Å². The van der Waals surface area contributed by atoms with Crippen molar-refractivity contribution in [2.75, 3.05) is 11.9 Å². The van der Waals surface area contributed by atoms with E-state index in [2.05, 4.69) is 10.6 Å². The summed E-state index contributed by atoms with van der Waals surface area (Å²) < 4.78 is 0. The maximum Gasteiger partial charge on any atom is 0.256 e. The van der Waals surface area contributed by atoms with Gasteiger partial charge in [0.05, 0.1) is 22.9 Å². The van der Waals surface area contributed by atoms with Crippen LogP contribution in [-0.2, 0) is 0 Å². The molecule has 1 aromatic carbocycles. The average molecular weight is 346 g/mol. The molecule has 128 valence electrons. The van der Waals surface area contributed by atoms with Crippen LogP contribution in [0.2, 0.25) is 0 Å². The quantitative estimate of drug-likeness (QED) is 0.721. The van der Waals surface area contributed by atoms with Gasteiger partial charge in [-0.15, -0.1) is 0 Å². The van der Waals surface area contributed by atoms with Crippen LogP contribution >= 0.6 is 11.3 Å². The molecule has 6 heteroatoms. The Balaban J connectivity index is 2.05. The lowest BCUT2D eigenvalue weighted by molar-refractivity contribution is 0.0851. The highest BCUT2D eigenvalue weighted by atomic mass is 32.1. The second kappa shape index (κ2) is 8.61. The molecule has 24 heavy (non-hydrogen) atoms. The number of carbonyl (C=O) groups excluding carboxylic acids is 2. The van der Waals surface area contributed by atoms with E-state index in [1.54, 1.807) is 35.7 Å². The molecule has 2 amide bonds. The molecule has 2 rings (SSSR count). The van der Waals surface area contributed by atoms with Gasteiger partial charge < -0.3 is 15.7 Å². The predicted molar refractivity (Wildman–Crippen MR) is 96.5 cm³/mol. The minimum atomic E-state index is -0.591. The molecular formula is C18H22N2O3S. The summed E-state index contributed by atoms with van der Waals surface area (Å²) in [6.45, 7) is 4.11. The summed E-state index contributed by atoms with van der Waals surface area (Å²) in [5, 5.41) is 19.0. The highest BCUT2D eigenvalue weighted by Gasteiger charge is 2.17. The van der Waals surface area contributed by atoms with Gasteiger partial charge in [0, 0.05) is 11.9 Å². The molecule has 0 fully saturated rings. The molecule has 0 bridgehead atoms. The van der Waals surface area contributed by atoms with E-state index in [0.717, 1.165) is 6.42 Å². The van der Waals surface area contributed by atoms with Crippen molar-refractivity contribution in [3.8, 4) is 0 Å². The number of hydrogen-bond acceptors (Lipinski definition) is 4. The Hall–Kier alpha value is -2.18. The van der Waals surface area contributed by atoms with Crippen LogP contribution in [0.4, 0.5) is 5.69 Å². The number of aliphatic hydroxyl groups is 1. The molecule has 1 heterocycles. The first-order chi connectivity index (χ1) is 11.5. The van der Waals surface area contributed by atoms with Crippen molar-refractivity contribution in [1.82, 2.24) is 5.32 Å². The van der Waals surface area contributed by atoms with Crippen LogP contribution in [0.5, 0.6) is 0 Å². The fourth-order valence-corrected chi connectivity index (χ4v) is 2.78. The van der Waals surface area contributed by atoms with Crippen LogP contribution in [0.1, 0.15) is 41.0 Å². The molecule has 2 unspecified atom stereocenters. The van der Waals surface area contributed by atoms with Crippen LogP contribution in [0, 0.1) is 5.92 Å². The maximum atomic E-state index is 12.4. The summed E-state index contributed by atoms with van der Waals surface area (Å²) in [6, 6.07) is 8.55. The Bertz CT molecular complexity index is 685. The fourth-order valence-electron chi connectivity index (χ4n) is 2.14. The van der Waals surface area contributed by atoms with Gasteiger partial charge in [0.25, 0.3) is 11.8 Å². The molecule has 0 aliphatic heterocycles. The third-order valence-electron chi connectivity index (χ3n) is 3.98. The Morgan fingerprint density at radius 3 is 2.62 bits per heavy atom. The largest absolute Gasteiger partial charge is 0.391 e. The Morgan fingerprint density at radius 1 is 1.21 bits per heavy atom. The number of hydrogen-bond donors (Lipinski definition) is 3. The molecule has 2 atom stereocenters. The van der Waals surface area contributed by atoms with E-state index in [1.165, 1.54) is 11.3 Å². The molecule has 3 N–H and O–H groups in total. The van der Waals surface area contributed by atoms with E-state index >= 15 is 0 Å². The van der Waals surface area contributed by atoms with Crippen molar-refractivity contribution in [2.45, 2.75) is 26.4 Å². The van der Waals surface area contributed by atoms with Crippen LogP contribution < -0.4 is 10.6 Å². The fraction of sp³-hybridized carbons (Fsp3) is 0.333. The van der Waals surface area contributed by atoms with Gasteiger partial charge in [-0.2, -0.15) is 11.3 Å². The minimum absolute atomic E-state index is 0.110. The molecule has 0 saturated heterocycles. The summed E-state index contributed by atoms with van der Waals surface area (Å²) >= 11 is 1.44. The van der Waals surface area contributed by atoms with Crippen LogP contribution in [0.15, 0.2) is 41.1 Å². The maximum absolute atomic E-state index is 12.4. The van der Waals surface area contributed by atoms with E-state index in [-0.39, 0.29) is 24.3 Å². The number of amides is 2. The topological polar surface area (TPSA) is 78.4 Å². The van der Waals surface area contributed by atoms with Gasteiger partial charge in [-0.1, -0.05) is 32.4 Å². The minimum Gasteiger partial charge on any atom is -0.391 e. The number of anilines is 1. The van der Waals surface area contributed by atoms with Crippen LogP contribution in [0.3, 0.4) is 0 Å². The monoisotopic (exact) mass is 346 g/mol. The number of aliphatic hydroxyl groups excluding tert-OH is 1. The third-order valence-corrected chi connectivity index (χ3v) is 4.66. The number of benzene rings is 1. The molecule has 0 aliphatic rings. The first kappa shape index (κ1) is 18.2. The lowest BCUT2D eigenvalue weighted by Crippen LogP contribution is -2.35. The molecule has 2 aromatic rings. The van der Waals surface area contributed by atoms with Crippen molar-refractivity contribution in [3.63, 3.8) is 0 Å². The summed E-state index contributed by atoms with van der Waals surface area (Å²) in [5.41, 5.74) is 1.38. The number of nitrogens with one attached hydrogen (secondary N) is 2. The lowest BCUT2D eigenvalue weighted by Gasteiger charge is -2.18. The van der Waals surface area contributed by atoms with Crippen LogP contribution in [0.25, 0.3) is 0 Å². The van der Waals surface area contributed by atoms with Gasteiger partial charge in [0.1, 0.15) is 0 Å². The highest BCUT2D eigenvalue weighted by Crippen LogP contribution is 2.17. The van der Waals surface area contributed by atoms with Gasteiger partial charge in [0.2, 0.25) is 0 Å². The number of thiophene rings is 1. The highest BCUT2D eigenvalue weighted by molar-refractivity contribution is 7.08. The van der Waals surface area contributed by atoms with Gasteiger partial charge in [0.15, 0.2) is 0 Å². The first-order valence-corrected chi connectivity index (χ1v) is 8.86. The molecular weight excluding hydrogens is 324 g/mol. The molecule has 0 saturated carbocycles. The summed E-state index contributed by atoms with van der Waals surface area (Å²) in [7, 11) is 0. The average Bonchev–Trinajstić information content (AvgIpc) is 3.13. The summed E-state index contributed by atoms with van der Waals surface area (Å²) in [4.78, 5) is 24.5. The molecule has 0 spiro atoms. The van der Waals surface area contributed by atoms with Gasteiger partial charge in [-0.3, -0.25) is 9.59 Å². The standard InChI is InChI=1S/C18H22N2O3S/c1-3-12(2)16(21)10-19-18(23)14-6-4-5-7-15(14)20-17(22)13-8-9-24-11-13/h4-9,11-12,16,21H,3,10H2,1-2H3,(H,19,23)(H,20,22). The Morgan fingerprint density at radius 2 is 1.96 bits per heavy atom. The van der Waals surface area contributed by atoms with E-state index in [9.17, 15) is 14.7 Å².